The van der Waals surface area contributed by atoms with Crippen molar-refractivity contribution in [3.05, 3.63) is 86.9 Å². The van der Waals surface area contributed by atoms with E-state index in [2.05, 4.69) is 28.2 Å². The molecule has 1 aliphatic rings. The fourth-order valence-corrected chi connectivity index (χ4v) is 5.56. The number of esters is 1. The van der Waals surface area contributed by atoms with Crippen LogP contribution in [0.25, 0.3) is 0 Å². The van der Waals surface area contributed by atoms with E-state index in [-0.39, 0.29) is 28.4 Å². The molecule has 210 valence electrons. The van der Waals surface area contributed by atoms with E-state index < -0.39 is 5.97 Å². The number of ketones is 2. The Morgan fingerprint density at radius 2 is 1.32 bits per heavy atom. The zero-order valence-electron chi connectivity index (χ0n) is 23.1. The molecule has 0 atom stereocenters. The first-order chi connectivity index (χ1) is 19.4. The van der Waals surface area contributed by atoms with Crippen LogP contribution in [0.4, 0.5) is 17.1 Å². The van der Waals surface area contributed by atoms with Crippen molar-refractivity contribution in [1.82, 2.24) is 0 Å². The molecule has 7 heteroatoms. The highest BCUT2D eigenvalue weighted by molar-refractivity contribution is 9.10. The first kappa shape index (κ1) is 29.5. The summed E-state index contributed by atoms with van der Waals surface area (Å²) in [4.78, 5) is 39.8. The Balaban J connectivity index is 1.41. The fourth-order valence-electron chi connectivity index (χ4n) is 5.13. The summed E-state index contributed by atoms with van der Waals surface area (Å²) in [6, 6.07) is 15.4. The first-order valence-corrected chi connectivity index (χ1v) is 15.1. The molecule has 3 N–H and O–H groups in total. The van der Waals surface area contributed by atoms with E-state index in [1.807, 2.05) is 0 Å². The van der Waals surface area contributed by atoms with Crippen molar-refractivity contribution in [2.45, 2.75) is 71.1 Å². The van der Waals surface area contributed by atoms with Crippen LogP contribution in [0.1, 0.15) is 113 Å². The van der Waals surface area contributed by atoms with Gasteiger partial charge in [-0.15, -0.1) is 0 Å². The minimum Gasteiger partial charge on any atom is -0.462 e. The molecular weight excluding hydrogens is 568 g/mol. The molecule has 40 heavy (non-hydrogen) atoms. The Labute approximate surface area is 244 Å². The highest BCUT2D eigenvalue weighted by Gasteiger charge is 2.34. The van der Waals surface area contributed by atoms with Crippen LogP contribution < -0.4 is 11.1 Å². The summed E-state index contributed by atoms with van der Waals surface area (Å²) in [6.45, 7) is 2.59. The summed E-state index contributed by atoms with van der Waals surface area (Å²) in [5.74, 6) is -1.04. The predicted molar refractivity (Wildman–Crippen MR) is 164 cm³/mol. The van der Waals surface area contributed by atoms with E-state index >= 15 is 0 Å². The summed E-state index contributed by atoms with van der Waals surface area (Å²) in [5, 5.41) is 3.21. The third-order valence-electron chi connectivity index (χ3n) is 7.33. The van der Waals surface area contributed by atoms with Gasteiger partial charge < -0.3 is 15.8 Å². The van der Waals surface area contributed by atoms with Crippen LogP contribution in [-0.2, 0) is 4.74 Å². The van der Waals surface area contributed by atoms with Crippen molar-refractivity contribution in [2.24, 2.45) is 0 Å². The SMILES string of the molecule is CCCCCCCCCCCCOC(=O)c1ccccc1Nc1cc(Br)c(N)c2c1C(=O)c1ccccc1C2=O. The van der Waals surface area contributed by atoms with Crippen molar-refractivity contribution in [1.29, 1.82) is 0 Å². The monoisotopic (exact) mass is 604 g/mol. The van der Waals surface area contributed by atoms with Crippen molar-refractivity contribution in [3.8, 4) is 0 Å². The van der Waals surface area contributed by atoms with E-state index in [1.54, 1.807) is 54.6 Å². The summed E-state index contributed by atoms with van der Waals surface area (Å²) >= 11 is 3.43. The topological polar surface area (TPSA) is 98.5 Å². The largest absolute Gasteiger partial charge is 0.462 e. The van der Waals surface area contributed by atoms with Gasteiger partial charge >= 0.3 is 5.97 Å². The molecule has 0 aromatic heterocycles. The van der Waals surface area contributed by atoms with Gasteiger partial charge in [-0.3, -0.25) is 9.59 Å². The zero-order chi connectivity index (χ0) is 28.5. The van der Waals surface area contributed by atoms with Crippen molar-refractivity contribution in [2.75, 3.05) is 17.7 Å². The number of nitrogens with two attached hydrogens (primary N) is 1. The number of para-hydroxylation sites is 1. The standard InChI is InChI=1S/C33H37BrN2O4/c1-2-3-4-5-6-7-8-9-10-15-20-40-33(39)24-18-13-14-19-26(24)36-27-21-25(34)30(35)29-28(27)31(37)22-16-11-12-17-23(22)32(29)38/h11-14,16-19,21,36H,2-10,15,20,35H2,1H3. The zero-order valence-corrected chi connectivity index (χ0v) is 24.6. The number of fused-ring (bicyclic) bond motifs is 2. The lowest BCUT2D eigenvalue weighted by molar-refractivity contribution is 0.0498. The molecule has 0 radical (unpaired) electrons. The fraction of sp³-hybridized carbons (Fsp3) is 0.364. The maximum absolute atomic E-state index is 13.5. The van der Waals surface area contributed by atoms with Crippen LogP contribution in [0.15, 0.2) is 59.1 Å². The number of hydrogen-bond acceptors (Lipinski definition) is 6. The second-order valence-electron chi connectivity index (χ2n) is 10.3. The average Bonchev–Trinajstić information content (AvgIpc) is 2.96. The van der Waals surface area contributed by atoms with Gasteiger partial charge in [-0.2, -0.15) is 0 Å². The van der Waals surface area contributed by atoms with Gasteiger partial charge in [-0.1, -0.05) is 101 Å². The number of unbranched alkanes of at least 4 members (excludes halogenated alkanes) is 9. The summed E-state index contributed by atoms with van der Waals surface area (Å²) < 4.78 is 6.07. The van der Waals surface area contributed by atoms with Crippen LogP contribution in [0.5, 0.6) is 0 Å². The lowest BCUT2D eigenvalue weighted by Gasteiger charge is -2.23. The molecule has 0 saturated carbocycles. The third-order valence-corrected chi connectivity index (χ3v) is 7.99. The maximum atomic E-state index is 13.5. The lowest BCUT2D eigenvalue weighted by Crippen LogP contribution is -2.24. The van der Waals surface area contributed by atoms with Crippen LogP contribution in [0.2, 0.25) is 0 Å². The van der Waals surface area contributed by atoms with E-state index in [4.69, 9.17) is 10.5 Å². The molecule has 3 aromatic carbocycles. The number of benzene rings is 3. The smallest absolute Gasteiger partial charge is 0.340 e. The molecule has 0 heterocycles. The molecule has 0 aliphatic heterocycles. The Morgan fingerprint density at radius 1 is 0.775 bits per heavy atom. The number of nitrogen functional groups attached to an aromatic ring is 1. The minimum atomic E-state index is -0.435. The molecule has 0 amide bonds. The Morgan fingerprint density at radius 3 is 1.98 bits per heavy atom. The average molecular weight is 606 g/mol. The Hall–Kier alpha value is -3.45. The molecule has 4 rings (SSSR count). The first-order valence-electron chi connectivity index (χ1n) is 14.3. The quantitative estimate of drug-likeness (QED) is 0.0848. The van der Waals surface area contributed by atoms with E-state index in [9.17, 15) is 14.4 Å². The van der Waals surface area contributed by atoms with E-state index in [0.29, 0.717) is 39.1 Å². The summed E-state index contributed by atoms with van der Waals surface area (Å²) in [5.41, 5.74) is 8.69. The summed E-state index contributed by atoms with van der Waals surface area (Å²) in [7, 11) is 0. The molecule has 0 bridgehead atoms. The highest BCUT2D eigenvalue weighted by atomic mass is 79.9. The van der Waals surface area contributed by atoms with Gasteiger partial charge in [0.05, 0.1) is 40.4 Å². The molecular formula is C33H37BrN2O4. The van der Waals surface area contributed by atoms with Gasteiger partial charge in [0.25, 0.3) is 0 Å². The number of rotatable bonds is 14. The number of hydrogen-bond donors (Lipinski definition) is 2. The van der Waals surface area contributed by atoms with Crippen LogP contribution in [-0.4, -0.2) is 24.1 Å². The van der Waals surface area contributed by atoms with Crippen molar-refractivity contribution >= 4 is 50.5 Å². The van der Waals surface area contributed by atoms with Gasteiger partial charge in [0.15, 0.2) is 11.6 Å². The second-order valence-corrected chi connectivity index (χ2v) is 11.1. The van der Waals surface area contributed by atoms with Gasteiger partial charge in [-0.25, -0.2) is 4.79 Å². The van der Waals surface area contributed by atoms with E-state index in [1.165, 1.54) is 44.9 Å². The number of halogens is 1. The lowest BCUT2D eigenvalue weighted by atomic mass is 9.82. The molecule has 1 aliphatic carbocycles. The molecule has 0 spiro atoms. The van der Waals surface area contributed by atoms with Gasteiger partial charge in [0.1, 0.15) is 0 Å². The Bertz CT molecular complexity index is 1380. The van der Waals surface area contributed by atoms with Gasteiger partial charge in [-0.05, 0) is 40.5 Å². The highest BCUT2D eigenvalue weighted by Crippen LogP contribution is 2.40. The number of nitrogens with one attached hydrogen (secondary N) is 1. The Kier molecular flexibility index (Phi) is 10.5. The normalized spacial score (nSPS) is 12.2. The molecule has 0 fully saturated rings. The summed E-state index contributed by atoms with van der Waals surface area (Å²) in [6.07, 6.45) is 12.1. The second kappa shape index (κ2) is 14.3. The van der Waals surface area contributed by atoms with Crippen molar-refractivity contribution < 1.29 is 19.1 Å². The van der Waals surface area contributed by atoms with Gasteiger partial charge in [0.2, 0.25) is 0 Å². The van der Waals surface area contributed by atoms with Crippen molar-refractivity contribution in [3.63, 3.8) is 0 Å². The predicted octanol–water partition coefficient (Wildman–Crippen LogP) is 8.63. The molecule has 6 nitrogen and oxygen atoms in total. The number of carbonyl (C=O) groups excluding carboxylic acids is 3. The minimum absolute atomic E-state index is 0.154. The number of ether oxygens (including phenoxy) is 1. The van der Waals surface area contributed by atoms with E-state index in [0.717, 1.165) is 19.3 Å². The van der Waals surface area contributed by atoms with Crippen LogP contribution in [0, 0.1) is 0 Å². The van der Waals surface area contributed by atoms with Crippen LogP contribution in [0.3, 0.4) is 0 Å². The maximum Gasteiger partial charge on any atom is 0.340 e. The number of anilines is 3. The molecule has 3 aromatic rings. The van der Waals surface area contributed by atoms with Gasteiger partial charge in [0, 0.05) is 15.6 Å². The molecule has 0 saturated heterocycles. The third kappa shape index (κ3) is 6.81. The number of carbonyl (C=O) groups is 3. The molecule has 0 unspecified atom stereocenters. The van der Waals surface area contributed by atoms with Crippen LogP contribution >= 0.6 is 15.9 Å².